The predicted octanol–water partition coefficient (Wildman–Crippen LogP) is 4.95. The minimum Gasteiger partial charge on any atom is -0.497 e. The fourth-order valence-corrected chi connectivity index (χ4v) is 5.41. The molecule has 3 aromatic carbocycles. The number of hydrogen-bond acceptors (Lipinski definition) is 6. The van der Waals surface area contributed by atoms with Gasteiger partial charge in [0, 0.05) is 18.2 Å². The van der Waals surface area contributed by atoms with Crippen LogP contribution in [0.15, 0.2) is 96.4 Å². The minimum absolute atomic E-state index is 0.0734. The second kappa shape index (κ2) is 11.7. The molecular formula is C26H28N2O6S. The van der Waals surface area contributed by atoms with Crippen molar-refractivity contribution in [1.29, 1.82) is 0 Å². The molecule has 9 heteroatoms. The van der Waals surface area contributed by atoms with Gasteiger partial charge >= 0.3 is 0 Å². The van der Waals surface area contributed by atoms with Gasteiger partial charge in [-0.1, -0.05) is 49.0 Å². The van der Waals surface area contributed by atoms with Crippen LogP contribution in [0.3, 0.4) is 0 Å². The maximum Gasteiger partial charge on any atom is 0.269 e. The smallest absolute Gasteiger partial charge is 0.269 e. The first-order valence-corrected chi connectivity index (χ1v) is 12.4. The zero-order valence-corrected chi connectivity index (χ0v) is 20.4. The Hall–Kier alpha value is -3.53. The first-order valence-electron chi connectivity index (χ1n) is 10.9. The van der Waals surface area contributed by atoms with Gasteiger partial charge in [0.25, 0.3) is 5.69 Å². The van der Waals surface area contributed by atoms with Crippen LogP contribution in [0.2, 0.25) is 0 Å². The van der Waals surface area contributed by atoms with E-state index in [1.807, 2.05) is 54.6 Å². The maximum atomic E-state index is 13.8. The van der Waals surface area contributed by atoms with Crippen LogP contribution in [0.1, 0.15) is 18.1 Å². The van der Waals surface area contributed by atoms with E-state index in [1.54, 1.807) is 14.0 Å². The van der Waals surface area contributed by atoms with Crippen LogP contribution in [-0.4, -0.2) is 37.0 Å². The molecule has 0 bridgehead atoms. The molecule has 0 fully saturated rings. The van der Waals surface area contributed by atoms with Crippen molar-refractivity contribution < 1.29 is 22.8 Å². The summed E-state index contributed by atoms with van der Waals surface area (Å²) in [6, 6.07) is 21.1. The summed E-state index contributed by atoms with van der Waals surface area (Å²) in [5.41, 5.74) is 1.57. The summed E-state index contributed by atoms with van der Waals surface area (Å²) < 4.78 is 40.1. The topological polar surface area (TPSA) is 99.0 Å². The van der Waals surface area contributed by atoms with Gasteiger partial charge in [0.1, 0.15) is 12.0 Å². The molecule has 3 aromatic rings. The number of non-ortho nitro benzene ring substituents is 1. The van der Waals surface area contributed by atoms with Crippen molar-refractivity contribution in [2.75, 3.05) is 7.11 Å². The van der Waals surface area contributed by atoms with Gasteiger partial charge in [0.05, 0.1) is 23.5 Å². The summed E-state index contributed by atoms with van der Waals surface area (Å²) in [7, 11) is -2.54. The summed E-state index contributed by atoms with van der Waals surface area (Å²) in [5, 5.41) is 11.0. The molecule has 0 saturated carbocycles. The number of methoxy groups -OCH3 is 1. The van der Waals surface area contributed by atoms with E-state index in [0.29, 0.717) is 12.2 Å². The van der Waals surface area contributed by atoms with Crippen LogP contribution in [0, 0.1) is 10.1 Å². The summed E-state index contributed by atoms with van der Waals surface area (Å²) in [4.78, 5) is 10.4. The van der Waals surface area contributed by atoms with Gasteiger partial charge in [-0.3, -0.25) is 10.1 Å². The largest absolute Gasteiger partial charge is 0.497 e. The van der Waals surface area contributed by atoms with Crippen LogP contribution in [0.5, 0.6) is 5.75 Å². The van der Waals surface area contributed by atoms with E-state index < -0.39 is 27.2 Å². The van der Waals surface area contributed by atoms with Gasteiger partial charge in [-0.2, -0.15) is 4.31 Å². The third-order valence-electron chi connectivity index (χ3n) is 5.44. The number of nitro groups is 1. The lowest BCUT2D eigenvalue weighted by Crippen LogP contribution is -2.47. The van der Waals surface area contributed by atoms with E-state index in [2.05, 4.69) is 6.58 Å². The maximum absolute atomic E-state index is 13.8. The van der Waals surface area contributed by atoms with Gasteiger partial charge in [-0.25, -0.2) is 8.42 Å². The zero-order valence-electron chi connectivity index (χ0n) is 19.6. The quantitative estimate of drug-likeness (QED) is 0.152. The fraction of sp³-hybridized carbons (Fsp3) is 0.231. The van der Waals surface area contributed by atoms with E-state index in [0.717, 1.165) is 11.1 Å². The van der Waals surface area contributed by atoms with Crippen LogP contribution < -0.4 is 4.74 Å². The SMILES string of the molecule is C=CC(OCc1ccccc1)N(C(C)Cc1cccc(OC)c1)S(=O)(=O)c1ccc([N+](=O)[O-])cc1. The Morgan fingerprint density at radius 3 is 2.29 bits per heavy atom. The molecule has 0 aliphatic rings. The van der Waals surface area contributed by atoms with Crippen molar-refractivity contribution in [1.82, 2.24) is 4.31 Å². The second-order valence-electron chi connectivity index (χ2n) is 7.91. The van der Waals surface area contributed by atoms with E-state index in [-0.39, 0.29) is 17.2 Å². The highest BCUT2D eigenvalue weighted by molar-refractivity contribution is 7.89. The van der Waals surface area contributed by atoms with Crippen molar-refractivity contribution in [2.24, 2.45) is 0 Å². The number of nitrogens with zero attached hydrogens (tertiary/aromatic N) is 2. The van der Waals surface area contributed by atoms with Crippen LogP contribution in [-0.2, 0) is 27.8 Å². The van der Waals surface area contributed by atoms with Gasteiger partial charge in [0.2, 0.25) is 10.0 Å². The zero-order chi connectivity index (χ0) is 25.4. The first kappa shape index (κ1) is 26.1. The molecule has 0 spiro atoms. The average molecular weight is 497 g/mol. The van der Waals surface area contributed by atoms with Crippen LogP contribution in [0.4, 0.5) is 5.69 Å². The molecule has 0 amide bonds. The number of nitro benzene ring substituents is 1. The summed E-state index contributed by atoms with van der Waals surface area (Å²) >= 11 is 0. The Morgan fingerprint density at radius 1 is 1.03 bits per heavy atom. The van der Waals surface area contributed by atoms with Gasteiger partial charge in [-0.15, -0.1) is 0 Å². The highest BCUT2D eigenvalue weighted by Crippen LogP contribution is 2.27. The van der Waals surface area contributed by atoms with Crippen molar-refractivity contribution in [3.63, 3.8) is 0 Å². The lowest BCUT2D eigenvalue weighted by molar-refractivity contribution is -0.384. The fourth-order valence-electron chi connectivity index (χ4n) is 3.72. The molecule has 2 unspecified atom stereocenters. The van der Waals surface area contributed by atoms with E-state index in [1.165, 1.54) is 34.6 Å². The summed E-state index contributed by atoms with van der Waals surface area (Å²) in [5.74, 6) is 0.667. The molecule has 0 aliphatic carbocycles. The van der Waals surface area contributed by atoms with Crippen molar-refractivity contribution in [3.8, 4) is 5.75 Å². The molecule has 0 heterocycles. The molecule has 0 aromatic heterocycles. The van der Waals surface area contributed by atoms with Crippen molar-refractivity contribution >= 4 is 15.7 Å². The van der Waals surface area contributed by atoms with Crippen LogP contribution >= 0.6 is 0 Å². The Kier molecular flexibility index (Phi) is 8.75. The van der Waals surface area contributed by atoms with Gasteiger partial charge in [-0.05, 0) is 54.8 Å². The molecule has 0 saturated heterocycles. The number of rotatable bonds is 12. The Balaban J connectivity index is 1.96. The Labute approximate surface area is 205 Å². The first-order chi connectivity index (χ1) is 16.8. The highest BCUT2D eigenvalue weighted by atomic mass is 32.2. The second-order valence-corrected chi connectivity index (χ2v) is 9.76. The van der Waals surface area contributed by atoms with Crippen molar-refractivity contribution in [3.05, 3.63) is 113 Å². The Morgan fingerprint density at radius 2 is 1.69 bits per heavy atom. The molecule has 3 rings (SSSR count). The lowest BCUT2D eigenvalue weighted by atomic mass is 10.1. The number of benzene rings is 3. The standard InChI is InChI=1S/C26H28N2O6S/c1-4-26(34-19-21-9-6-5-7-10-21)27(20(2)17-22-11-8-12-24(18-22)33-3)35(31,32)25-15-13-23(14-16-25)28(29)30/h4-16,18,20,26H,1,17,19H2,2-3H3. The van der Waals surface area contributed by atoms with Gasteiger partial charge in [0.15, 0.2) is 0 Å². The third-order valence-corrected chi connectivity index (χ3v) is 7.43. The number of ether oxygens (including phenoxy) is 2. The molecule has 0 aliphatic heterocycles. The monoisotopic (exact) mass is 496 g/mol. The highest BCUT2D eigenvalue weighted by Gasteiger charge is 2.35. The lowest BCUT2D eigenvalue weighted by Gasteiger charge is -2.34. The van der Waals surface area contributed by atoms with E-state index in [9.17, 15) is 18.5 Å². The molecule has 0 N–H and O–H groups in total. The molecule has 0 radical (unpaired) electrons. The normalized spacial score (nSPS) is 13.2. The van der Waals surface area contributed by atoms with Crippen molar-refractivity contribution in [2.45, 2.75) is 37.1 Å². The molecule has 184 valence electrons. The van der Waals surface area contributed by atoms with E-state index in [4.69, 9.17) is 9.47 Å². The molecule has 2 atom stereocenters. The third kappa shape index (κ3) is 6.54. The average Bonchev–Trinajstić information content (AvgIpc) is 2.87. The number of hydrogen-bond donors (Lipinski definition) is 0. The molecule has 8 nitrogen and oxygen atoms in total. The number of sulfonamides is 1. The predicted molar refractivity (Wildman–Crippen MR) is 133 cm³/mol. The van der Waals surface area contributed by atoms with Gasteiger partial charge < -0.3 is 9.47 Å². The van der Waals surface area contributed by atoms with E-state index >= 15 is 0 Å². The Bertz CT molecular complexity index is 1250. The summed E-state index contributed by atoms with van der Waals surface area (Å²) in [6.45, 7) is 5.77. The minimum atomic E-state index is -4.11. The molecule has 35 heavy (non-hydrogen) atoms. The molecular weight excluding hydrogens is 468 g/mol. The van der Waals surface area contributed by atoms with Crippen LogP contribution in [0.25, 0.3) is 0 Å². The summed E-state index contributed by atoms with van der Waals surface area (Å²) in [6.07, 6.45) is 0.840.